The van der Waals surface area contributed by atoms with Crippen LogP contribution in [0.2, 0.25) is 0 Å². The Hall–Kier alpha value is -1.59. The normalized spacial score (nSPS) is 18.6. The number of likely N-dealkylation sites (tertiary alicyclic amines) is 1. The highest BCUT2D eigenvalue weighted by atomic mass is 16.5. The summed E-state index contributed by atoms with van der Waals surface area (Å²) < 4.78 is 5.55. The Morgan fingerprint density at radius 1 is 1.33 bits per heavy atom. The molecule has 5 nitrogen and oxygen atoms in total. The molecule has 2 rings (SSSR count). The average Bonchev–Trinajstić information content (AvgIpc) is 2.54. The van der Waals surface area contributed by atoms with E-state index in [1.807, 2.05) is 29.2 Å². The van der Waals surface area contributed by atoms with Crippen LogP contribution in [0.3, 0.4) is 0 Å². The van der Waals surface area contributed by atoms with Crippen molar-refractivity contribution in [3.05, 3.63) is 29.8 Å². The lowest BCUT2D eigenvalue weighted by Gasteiger charge is -2.35. The quantitative estimate of drug-likeness (QED) is 0.828. The topological polar surface area (TPSA) is 75.8 Å². The van der Waals surface area contributed by atoms with Crippen LogP contribution in [0.5, 0.6) is 5.75 Å². The van der Waals surface area contributed by atoms with Crippen LogP contribution < -0.4 is 10.5 Å². The van der Waals surface area contributed by atoms with Gasteiger partial charge in [-0.15, -0.1) is 0 Å². The lowest BCUT2D eigenvalue weighted by molar-refractivity contribution is -0.137. The summed E-state index contributed by atoms with van der Waals surface area (Å²) in [6.07, 6.45) is 3.77. The number of aliphatic hydroxyl groups excluding tert-OH is 1. The summed E-state index contributed by atoms with van der Waals surface area (Å²) in [6, 6.07) is 7.61. The van der Waals surface area contributed by atoms with E-state index in [0.717, 1.165) is 31.4 Å². The van der Waals surface area contributed by atoms with Gasteiger partial charge in [-0.2, -0.15) is 0 Å². The predicted octanol–water partition coefficient (Wildman–Crippen LogP) is 1.29. The molecular formula is C16H24N2O3. The highest BCUT2D eigenvalue weighted by Gasteiger charge is 2.26. The largest absolute Gasteiger partial charge is 0.484 e. The van der Waals surface area contributed by atoms with Crippen molar-refractivity contribution in [2.75, 3.05) is 19.8 Å². The molecule has 1 heterocycles. The number of amides is 1. The van der Waals surface area contributed by atoms with Crippen molar-refractivity contribution in [3.8, 4) is 5.75 Å². The Morgan fingerprint density at radius 2 is 2.10 bits per heavy atom. The molecule has 5 heteroatoms. The second-order valence-corrected chi connectivity index (χ2v) is 5.39. The summed E-state index contributed by atoms with van der Waals surface area (Å²) in [6.45, 7) is 1.43. The number of carbonyl (C=O) groups excluding carboxylic acids is 1. The maximum Gasteiger partial charge on any atom is 0.260 e. The number of nitrogens with two attached hydrogens (primary N) is 1. The van der Waals surface area contributed by atoms with Gasteiger partial charge in [-0.3, -0.25) is 4.79 Å². The first kappa shape index (κ1) is 15.8. The van der Waals surface area contributed by atoms with Gasteiger partial charge in [0.1, 0.15) is 5.75 Å². The summed E-state index contributed by atoms with van der Waals surface area (Å²) >= 11 is 0. The molecule has 0 aliphatic carbocycles. The van der Waals surface area contributed by atoms with E-state index in [9.17, 15) is 4.79 Å². The van der Waals surface area contributed by atoms with Gasteiger partial charge in [-0.05, 0) is 43.4 Å². The van der Waals surface area contributed by atoms with E-state index in [2.05, 4.69) is 0 Å². The van der Waals surface area contributed by atoms with Crippen molar-refractivity contribution in [1.82, 2.24) is 4.90 Å². The third-order valence-corrected chi connectivity index (χ3v) is 3.93. The fourth-order valence-corrected chi connectivity index (χ4v) is 2.73. The minimum Gasteiger partial charge on any atom is -0.484 e. The van der Waals surface area contributed by atoms with Crippen LogP contribution in [0.1, 0.15) is 31.2 Å². The first-order chi connectivity index (χ1) is 10.2. The molecule has 1 aliphatic rings. The van der Waals surface area contributed by atoms with Gasteiger partial charge < -0.3 is 20.5 Å². The van der Waals surface area contributed by atoms with Crippen molar-refractivity contribution in [1.29, 1.82) is 0 Å². The molecule has 1 aromatic rings. The molecular weight excluding hydrogens is 268 g/mol. The molecule has 0 aromatic heterocycles. The predicted molar refractivity (Wildman–Crippen MR) is 80.9 cm³/mol. The number of ether oxygens (including phenoxy) is 1. The van der Waals surface area contributed by atoms with Crippen LogP contribution >= 0.6 is 0 Å². The van der Waals surface area contributed by atoms with Crippen molar-refractivity contribution in [3.63, 3.8) is 0 Å². The minimum atomic E-state index is -0.00366. The Morgan fingerprint density at radius 3 is 2.76 bits per heavy atom. The zero-order valence-electron chi connectivity index (χ0n) is 12.3. The van der Waals surface area contributed by atoms with Crippen molar-refractivity contribution in [2.45, 2.75) is 38.3 Å². The summed E-state index contributed by atoms with van der Waals surface area (Å²) in [5, 5.41) is 9.10. The monoisotopic (exact) mass is 292 g/mol. The molecule has 21 heavy (non-hydrogen) atoms. The Kier molecular flexibility index (Phi) is 6.02. The maximum atomic E-state index is 12.3. The zero-order valence-corrected chi connectivity index (χ0v) is 12.3. The van der Waals surface area contributed by atoms with Crippen LogP contribution in [0, 0.1) is 0 Å². The summed E-state index contributed by atoms with van der Waals surface area (Å²) in [4.78, 5) is 14.1. The molecule has 1 atom stereocenters. The highest BCUT2D eigenvalue weighted by Crippen LogP contribution is 2.20. The van der Waals surface area contributed by atoms with Gasteiger partial charge in [0, 0.05) is 25.7 Å². The Bertz CT molecular complexity index is 445. The number of carbonyl (C=O) groups is 1. The second-order valence-electron chi connectivity index (χ2n) is 5.39. The molecule has 3 N–H and O–H groups in total. The fourth-order valence-electron chi connectivity index (χ4n) is 2.73. The molecule has 1 amide bonds. The van der Waals surface area contributed by atoms with Gasteiger partial charge in [0.15, 0.2) is 6.61 Å². The molecule has 1 aromatic carbocycles. The van der Waals surface area contributed by atoms with Gasteiger partial charge >= 0.3 is 0 Å². The van der Waals surface area contributed by atoms with Gasteiger partial charge in [0.05, 0.1) is 0 Å². The van der Waals surface area contributed by atoms with E-state index < -0.39 is 0 Å². The van der Waals surface area contributed by atoms with E-state index in [1.165, 1.54) is 0 Å². The Labute approximate surface area is 125 Å². The van der Waals surface area contributed by atoms with Crippen molar-refractivity contribution >= 4 is 5.91 Å². The van der Waals surface area contributed by atoms with Gasteiger partial charge in [0.25, 0.3) is 5.91 Å². The first-order valence-corrected chi connectivity index (χ1v) is 7.56. The molecule has 1 saturated heterocycles. The number of hydrogen-bond donors (Lipinski definition) is 2. The molecule has 0 saturated carbocycles. The van der Waals surface area contributed by atoms with Crippen LogP contribution in [0.4, 0.5) is 0 Å². The SMILES string of the molecule is NCc1ccc(OCC(=O)N2CCCCC2CCO)cc1. The smallest absolute Gasteiger partial charge is 0.260 e. The molecule has 0 radical (unpaired) electrons. The van der Waals surface area contributed by atoms with Crippen molar-refractivity contribution < 1.29 is 14.6 Å². The average molecular weight is 292 g/mol. The number of hydrogen-bond acceptors (Lipinski definition) is 4. The molecule has 116 valence electrons. The minimum absolute atomic E-state index is 0.00366. The van der Waals surface area contributed by atoms with E-state index in [1.54, 1.807) is 0 Å². The van der Waals surface area contributed by atoms with Crippen LogP contribution in [-0.4, -0.2) is 41.7 Å². The lowest BCUT2D eigenvalue weighted by atomic mass is 9.99. The maximum absolute atomic E-state index is 12.3. The lowest BCUT2D eigenvalue weighted by Crippen LogP contribution is -2.46. The molecule has 0 bridgehead atoms. The third-order valence-electron chi connectivity index (χ3n) is 3.93. The van der Waals surface area contributed by atoms with E-state index in [-0.39, 0.29) is 25.2 Å². The number of rotatable bonds is 6. The summed E-state index contributed by atoms with van der Waals surface area (Å²) in [5.74, 6) is 0.673. The van der Waals surface area contributed by atoms with E-state index in [0.29, 0.717) is 18.7 Å². The number of aliphatic hydroxyl groups is 1. The summed E-state index contributed by atoms with van der Waals surface area (Å²) in [5.41, 5.74) is 6.58. The molecule has 1 unspecified atom stereocenters. The van der Waals surface area contributed by atoms with Crippen molar-refractivity contribution in [2.24, 2.45) is 5.73 Å². The second kappa shape index (κ2) is 8.00. The molecule has 1 fully saturated rings. The molecule has 1 aliphatic heterocycles. The highest BCUT2D eigenvalue weighted by molar-refractivity contribution is 5.78. The Balaban J connectivity index is 1.87. The third kappa shape index (κ3) is 4.44. The number of nitrogens with zero attached hydrogens (tertiary/aromatic N) is 1. The van der Waals surface area contributed by atoms with Gasteiger partial charge in [0.2, 0.25) is 0 Å². The van der Waals surface area contributed by atoms with Crippen LogP contribution in [0.25, 0.3) is 0 Å². The summed E-state index contributed by atoms with van der Waals surface area (Å²) in [7, 11) is 0. The fraction of sp³-hybridized carbons (Fsp3) is 0.562. The van der Waals surface area contributed by atoms with Crippen LogP contribution in [0.15, 0.2) is 24.3 Å². The van der Waals surface area contributed by atoms with Gasteiger partial charge in [-0.25, -0.2) is 0 Å². The van der Waals surface area contributed by atoms with E-state index >= 15 is 0 Å². The standard InChI is InChI=1S/C16H24N2O3/c17-11-13-4-6-15(7-5-13)21-12-16(20)18-9-2-1-3-14(18)8-10-19/h4-7,14,19H,1-3,8-12,17H2. The zero-order chi connectivity index (χ0) is 15.1. The van der Waals surface area contributed by atoms with Gasteiger partial charge in [-0.1, -0.05) is 12.1 Å². The number of piperidine rings is 1. The van der Waals surface area contributed by atoms with Crippen LogP contribution in [-0.2, 0) is 11.3 Å². The number of benzene rings is 1. The first-order valence-electron chi connectivity index (χ1n) is 7.56. The van der Waals surface area contributed by atoms with E-state index in [4.69, 9.17) is 15.6 Å². The molecule has 0 spiro atoms.